The molecule has 0 radical (unpaired) electrons. The van der Waals surface area contributed by atoms with Gasteiger partial charge >= 0.3 is 0 Å². The summed E-state index contributed by atoms with van der Waals surface area (Å²) in [6.07, 6.45) is 2.97. The van der Waals surface area contributed by atoms with Crippen LogP contribution < -0.4 is 5.32 Å². The summed E-state index contributed by atoms with van der Waals surface area (Å²) < 4.78 is 0. The van der Waals surface area contributed by atoms with Crippen molar-refractivity contribution >= 4 is 11.8 Å². The van der Waals surface area contributed by atoms with E-state index in [4.69, 9.17) is 0 Å². The molecule has 0 unspecified atom stereocenters. The third-order valence-corrected chi connectivity index (χ3v) is 3.76. The summed E-state index contributed by atoms with van der Waals surface area (Å²) in [4.78, 5) is 10.3. The average molecular weight is 287 g/mol. The van der Waals surface area contributed by atoms with Gasteiger partial charge in [-0.05, 0) is 36.9 Å². The van der Waals surface area contributed by atoms with E-state index in [-0.39, 0.29) is 0 Å². The van der Waals surface area contributed by atoms with Crippen molar-refractivity contribution in [3.8, 4) is 11.4 Å². The Hall–Kier alpha value is -1.39. The van der Waals surface area contributed by atoms with Crippen molar-refractivity contribution in [1.29, 1.82) is 0 Å². The Morgan fingerprint density at radius 3 is 2.60 bits per heavy atom. The first-order chi connectivity index (χ1) is 9.83. The first kappa shape index (κ1) is 15.0. The number of hydrogen-bond acceptors (Lipinski definition) is 4. The largest absolute Gasteiger partial charge is 0.311 e. The highest BCUT2D eigenvalue weighted by Crippen LogP contribution is 2.21. The molecule has 0 aliphatic rings. The van der Waals surface area contributed by atoms with E-state index in [2.05, 4.69) is 53.4 Å². The van der Waals surface area contributed by atoms with Crippen molar-refractivity contribution in [2.45, 2.75) is 31.7 Å². The van der Waals surface area contributed by atoms with Crippen LogP contribution in [0.4, 0.5) is 0 Å². The van der Waals surface area contributed by atoms with E-state index >= 15 is 0 Å². The molecule has 20 heavy (non-hydrogen) atoms. The summed E-state index contributed by atoms with van der Waals surface area (Å²) in [5.74, 6) is 1.89. The molecule has 106 valence electrons. The van der Waals surface area contributed by atoms with Crippen LogP contribution in [-0.4, -0.2) is 22.3 Å². The molecule has 0 spiro atoms. The summed E-state index contributed by atoms with van der Waals surface area (Å²) in [6, 6.07) is 10.4. The van der Waals surface area contributed by atoms with E-state index in [1.807, 2.05) is 24.0 Å². The summed E-state index contributed by atoms with van der Waals surface area (Å²) in [5, 5.41) is 3.36. The second-order valence-corrected chi connectivity index (χ2v) is 5.84. The van der Waals surface area contributed by atoms with Crippen LogP contribution in [0.3, 0.4) is 0 Å². The van der Waals surface area contributed by atoms with Gasteiger partial charge in [-0.1, -0.05) is 26.0 Å². The number of aromatic nitrogens is 2. The molecule has 0 aliphatic heterocycles. The van der Waals surface area contributed by atoms with Crippen molar-refractivity contribution in [3.63, 3.8) is 0 Å². The molecule has 4 heteroatoms. The van der Waals surface area contributed by atoms with Crippen LogP contribution in [0.2, 0.25) is 0 Å². The zero-order valence-electron chi connectivity index (χ0n) is 12.1. The number of benzene rings is 1. The molecular formula is C16H21N3S. The van der Waals surface area contributed by atoms with Crippen molar-refractivity contribution in [1.82, 2.24) is 15.3 Å². The van der Waals surface area contributed by atoms with Gasteiger partial charge in [0.25, 0.3) is 0 Å². The van der Waals surface area contributed by atoms with Gasteiger partial charge in [-0.15, -0.1) is 11.8 Å². The Kier molecular flexibility index (Phi) is 6.02. The molecule has 2 rings (SSSR count). The Morgan fingerprint density at radius 2 is 1.90 bits per heavy atom. The second kappa shape index (κ2) is 8.02. The predicted octanol–water partition coefficient (Wildman–Crippen LogP) is 3.76. The molecule has 1 heterocycles. The minimum atomic E-state index is 0.799. The van der Waals surface area contributed by atoms with Gasteiger partial charge in [0.15, 0.2) is 5.82 Å². The van der Waals surface area contributed by atoms with E-state index in [1.54, 1.807) is 0 Å². The maximum Gasteiger partial charge on any atom is 0.159 e. The quantitative estimate of drug-likeness (QED) is 0.621. The molecule has 1 aromatic carbocycles. The van der Waals surface area contributed by atoms with Gasteiger partial charge in [-0.3, -0.25) is 0 Å². The molecule has 0 aliphatic carbocycles. The van der Waals surface area contributed by atoms with Crippen LogP contribution in [0.15, 0.2) is 41.4 Å². The van der Waals surface area contributed by atoms with E-state index < -0.39 is 0 Å². The lowest BCUT2D eigenvalue weighted by atomic mass is 10.2. The highest BCUT2D eigenvalue weighted by molar-refractivity contribution is 7.99. The van der Waals surface area contributed by atoms with Crippen molar-refractivity contribution in [2.24, 2.45) is 0 Å². The Labute approximate surface area is 125 Å². The molecule has 0 atom stereocenters. The summed E-state index contributed by atoms with van der Waals surface area (Å²) in [6.45, 7) is 6.14. The molecule has 2 aromatic rings. The molecular weight excluding hydrogens is 266 g/mol. The van der Waals surface area contributed by atoms with E-state index in [0.717, 1.165) is 42.3 Å². The van der Waals surface area contributed by atoms with Crippen LogP contribution in [0, 0.1) is 0 Å². The topological polar surface area (TPSA) is 37.8 Å². The normalized spacial score (nSPS) is 10.7. The fourth-order valence-corrected chi connectivity index (χ4v) is 2.56. The first-order valence-electron chi connectivity index (χ1n) is 7.09. The van der Waals surface area contributed by atoms with E-state index in [0.29, 0.717) is 0 Å². The number of thioether (sulfide) groups is 1. The molecule has 0 bridgehead atoms. The van der Waals surface area contributed by atoms with Crippen molar-refractivity contribution in [3.05, 3.63) is 42.2 Å². The van der Waals surface area contributed by atoms with Crippen LogP contribution >= 0.6 is 11.8 Å². The second-order valence-electron chi connectivity index (χ2n) is 4.51. The molecule has 0 saturated carbocycles. The molecule has 0 amide bonds. The van der Waals surface area contributed by atoms with Gasteiger partial charge in [0.2, 0.25) is 0 Å². The predicted molar refractivity (Wildman–Crippen MR) is 85.9 cm³/mol. The lowest BCUT2D eigenvalue weighted by Crippen LogP contribution is -2.15. The Morgan fingerprint density at radius 1 is 1.10 bits per heavy atom. The molecule has 0 fully saturated rings. The minimum Gasteiger partial charge on any atom is -0.311 e. The third kappa shape index (κ3) is 4.32. The number of nitrogens with one attached hydrogen (secondary N) is 1. The zero-order valence-corrected chi connectivity index (χ0v) is 12.9. The zero-order chi connectivity index (χ0) is 14.2. The molecule has 3 nitrogen and oxygen atoms in total. The Balaban J connectivity index is 2.09. The number of rotatable bonds is 7. The number of nitrogens with zero attached hydrogens (tertiary/aromatic N) is 2. The molecule has 1 aromatic heterocycles. The first-order valence-corrected chi connectivity index (χ1v) is 8.08. The van der Waals surface area contributed by atoms with Crippen molar-refractivity contribution in [2.75, 3.05) is 12.3 Å². The van der Waals surface area contributed by atoms with Gasteiger partial charge < -0.3 is 5.32 Å². The summed E-state index contributed by atoms with van der Waals surface area (Å²) in [7, 11) is 0. The highest BCUT2D eigenvalue weighted by Gasteiger charge is 2.03. The van der Waals surface area contributed by atoms with Gasteiger partial charge in [-0.2, -0.15) is 0 Å². The monoisotopic (exact) mass is 287 g/mol. The van der Waals surface area contributed by atoms with Gasteiger partial charge in [-0.25, -0.2) is 9.97 Å². The van der Waals surface area contributed by atoms with Gasteiger partial charge in [0, 0.05) is 23.2 Å². The lowest BCUT2D eigenvalue weighted by molar-refractivity contribution is 0.663. The Bertz CT molecular complexity index is 526. The van der Waals surface area contributed by atoms with Crippen LogP contribution in [0.1, 0.15) is 26.0 Å². The molecule has 0 saturated heterocycles. The SMILES string of the molecule is CCCNCc1ccnc(-c2ccc(SCC)cc2)n1. The summed E-state index contributed by atoms with van der Waals surface area (Å²) in [5.41, 5.74) is 2.11. The number of hydrogen-bond donors (Lipinski definition) is 1. The maximum absolute atomic E-state index is 4.61. The highest BCUT2D eigenvalue weighted by atomic mass is 32.2. The van der Waals surface area contributed by atoms with Crippen LogP contribution in [0.25, 0.3) is 11.4 Å². The fourth-order valence-electron chi connectivity index (χ4n) is 1.89. The van der Waals surface area contributed by atoms with Gasteiger partial charge in [0.05, 0.1) is 5.69 Å². The minimum absolute atomic E-state index is 0.799. The molecule has 1 N–H and O–H groups in total. The maximum atomic E-state index is 4.61. The van der Waals surface area contributed by atoms with Crippen molar-refractivity contribution < 1.29 is 0 Å². The summed E-state index contributed by atoms with van der Waals surface area (Å²) >= 11 is 1.85. The standard InChI is InChI=1S/C16H21N3S/c1-3-10-17-12-14-9-11-18-16(19-14)13-5-7-15(8-6-13)20-4-2/h5-9,11,17H,3-4,10,12H2,1-2H3. The smallest absolute Gasteiger partial charge is 0.159 e. The lowest BCUT2D eigenvalue weighted by Gasteiger charge is -2.06. The third-order valence-electron chi connectivity index (χ3n) is 2.87. The van der Waals surface area contributed by atoms with Crippen LogP contribution in [0.5, 0.6) is 0 Å². The van der Waals surface area contributed by atoms with E-state index in [9.17, 15) is 0 Å². The fraction of sp³-hybridized carbons (Fsp3) is 0.375. The van der Waals surface area contributed by atoms with E-state index in [1.165, 1.54) is 4.90 Å². The average Bonchev–Trinajstić information content (AvgIpc) is 2.49. The van der Waals surface area contributed by atoms with Gasteiger partial charge in [0.1, 0.15) is 0 Å². The van der Waals surface area contributed by atoms with Crippen LogP contribution in [-0.2, 0) is 6.54 Å².